The maximum Gasteiger partial charge on any atom is 0.0933 e. The molecule has 0 bridgehead atoms. The highest BCUT2D eigenvalue weighted by molar-refractivity contribution is 5.90. The Labute approximate surface area is 109 Å². The van der Waals surface area contributed by atoms with Crippen molar-refractivity contribution in [1.82, 2.24) is 4.98 Å². The first-order valence-corrected chi connectivity index (χ1v) is 6.77. The molecule has 2 nitrogen and oxygen atoms in total. The average Bonchev–Trinajstić information content (AvgIpc) is 2.37. The third-order valence-electron chi connectivity index (χ3n) is 3.21. The molecule has 2 rings (SSSR count). The molecule has 0 radical (unpaired) electrons. The predicted octanol–water partition coefficient (Wildman–Crippen LogP) is 4.47. The molecule has 0 aliphatic rings. The molecule has 1 aromatic carbocycles. The number of nitrogens with zero attached hydrogens (tertiary/aromatic N) is 1. The molecule has 1 unspecified atom stereocenters. The van der Waals surface area contributed by atoms with E-state index in [0.717, 1.165) is 17.1 Å². The van der Waals surface area contributed by atoms with E-state index >= 15 is 0 Å². The van der Waals surface area contributed by atoms with Crippen LogP contribution in [-0.4, -0.2) is 11.0 Å². The highest BCUT2D eigenvalue weighted by Crippen LogP contribution is 2.22. The van der Waals surface area contributed by atoms with Gasteiger partial charge in [-0.2, -0.15) is 0 Å². The standard InChI is InChI=1S/C16H22N2/c1-12(2)9-10-13(3)18-15-8-4-6-14-7-5-11-17-16(14)15/h4-8,11-13,18H,9-10H2,1-3H3. The molecule has 0 amide bonds. The van der Waals surface area contributed by atoms with Gasteiger partial charge in [0.25, 0.3) is 0 Å². The van der Waals surface area contributed by atoms with Gasteiger partial charge in [0, 0.05) is 17.6 Å². The first-order chi connectivity index (χ1) is 8.66. The first-order valence-electron chi connectivity index (χ1n) is 6.77. The zero-order chi connectivity index (χ0) is 13.0. The summed E-state index contributed by atoms with van der Waals surface area (Å²) >= 11 is 0. The maximum atomic E-state index is 4.47. The Morgan fingerprint density at radius 3 is 2.61 bits per heavy atom. The van der Waals surface area contributed by atoms with Crippen LogP contribution in [0.3, 0.4) is 0 Å². The molecular weight excluding hydrogens is 220 g/mol. The van der Waals surface area contributed by atoms with Gasteiger partial charge in [0.1, 0.15) is 0 Å². The third-order valence-corrected chi connectivity index (χ3v) is 3.21. The molecule has 1 heterocycles. The van der Waals surface area contributed by atoms with Crippen LogP contribution >= 0.6 is 0 Å². The number of fused-ring (bicyclic) bond motifs is 1. The maximum absolute atomic E-state index is 4.47. The third kappa shape index (κ3) is 3.22. The number of aromatic nitrogens is 1. The highest BCUT2D eigenvalue weighted by atomic mass is 14.9. The molecule has 1 N–H and O–H groups in total. The van der Waals surface area contributed by atoms with Crippen molar-refractivity contribution in [3.8, 4) is 0 Å². The summed E-state index contributed by atoms with van der Waals surface area (Å²) in [6, 6.07) is 10.9. The molecule has 1 atom stereocenters. The fourth-order valence-electron chi connectivity index (χ4n) is 2.14. The van der Waals surface area contributed by atoms with Crippen molar-refractivity contribution in [2.45, 2.75) is 39.7 Å². The van der Waals surface area contributed by atoms with Crippen LogP contribution in [0.25, 0.3) is 10.9 Å². The summed E-state index contributed by atoms with van der Waals surface area (Å²) in [6.07, 6.45) is 4.31. The molecule has 0 saturated carbocycles. The Balaban J connectivity index is 2.11. The van der Waals surface area contributed by atoms with E-state index in [1.54, 1.807) is 0 Å². The summed E-state index contributed by atoms with van der Waals surface area (Å²) in [4.78, 5) is 4.47. The van der Waals surface area contributed by atoms with E-state index in [9.17, 15) is 0 Å². The second kappa shape index (κ2) is 5.85. The van der Waals surface area contributed by atoms with Crippen LogP contribution in [-0.2, 0) is 0 Å². The summed E-state index contributed by atoms with van der Waals surface area (Å²) in [5, 5.41) is 4.77. The lowest BCUT2D eigenvalue weighted by Crippen LogP contribution is -2.16. The van der Waals surface area contributed by atoms with Crippen LogP contribution in [0.5, 0.6) is 0 Å². The number of hydrogen-bond acceptors (Lipinski definition) is 2. The van der Waals surface area contributed by atoms with Crippen LogP contribution in [0, 0.1) is 5.92 Å². The highest BCUT2D eigenvalue weighted by Gasteiger charge is 2.06. The SMILES string of the molecule is CC(C)CCC(C)Nc1cccc2cccnc12. The molecule has 0 fully saturated rings. The van der Waals surface area contributed by atoms with Gasteiger partial charge in [0.05, 0.1) is 11.2 Å². The number of anilines is 1. The summed E-state index contributed by atoms with van der Waals surface area (Å²) in [5.74, 6) is 0.764. The number of hydrogen-bond donors (Lipinski definition) is 1. The van der Waals surface area contributed by atoms with E-state index < -0.39 is 0 Å². The smallest absolute Gasteiger partial charge is 0.0933 e. The molecule has 2 heteroatoms. The van der Waals surface area contributed by atoms with Crippen LogP contribution in [0.2, 0.25) is 0 Å². The van der Waals surface area contributed by atoms with Gasteiger partial charge in [0.15, 0.2) is 0 Å². The number of rotatable bonds is 5. The summed E-state index contributed by atoms with van der Waals surface area (Å²) in [5.41, 5.74) is 2.21. The van der Waals surface area contributed by atoms with Crippen LogP contribution in [0.15, 0.2) is 36.5 Å². The van der Waals surface area contributed by atoms with E-state index in [1.165, 1.54) is 18.2 Å². The summed E-state index contributed by atoms with van der Waals surface area (Å²) in [6.45, 7) is 6.78. The molecule has 0 aliphatic heterocycles. The Morgan fingerprint density at radius 1 is 1.06 bits per heavy atom. The van der Waals surface area contributed by atoms with Crippen molar-refractivity contribution in [2.75, 3.05) is 5.32 Å². The normalized spacial score (nSPS) is 12.9. The summed E-state index contributed by atoms with van der Waals surface area (Å²) in [7, 11) is 0. The van der Waals surface area contributed by atoms with Gasteiger partial charge in [-0.05, 0) is 37.8 Å². The van der Waals surface area contributed by atoms with Crippen molar-refractivity contribution in [3.05, 3.63) is 36.5 Å². The monoisotopic (exact) mass is 242 g/mol. The van der Waals surface area contributed by atoms with Gasteiger partial charge in [-0.3, -0.25) is 4.98 Å². The minimum Gasteiger partial charge on any atom is -0.381 e. The Morgan fingerprint density at radius 2 is 1.83 bits per heavy atom. The minimum absolute atomic E-state index is 0.486. The lowest BCUT2D eigenvalue weighted by atomic mass is 10.0. The molecule has 0 saturated heterocycles. The average molecular weight is 242 g/mol. The Hall–Kier alpha value is -1.57. The second-order valence-corrected chi connectivity index (χ2v) is 5.40. The van der Waals surface area contributed by atoms with Gasteiger partial charge in [-0.1, -0.05) is 32.0 Å². The fourth-order valence-corrected chi connectivity index (χ4v) is 2.14. The van der Waals surface area contributed by atoms with E-state index in [1.807, 2.05) is 12.3 Å². The summed E-state index contributed by atoms with van der Waals surface area (Å²) < 4.78 is 0. The van der Waals surface area contributed by atoms with Crippen LogP contribution in [0.1, 0.15) is 33.6 Å². The van der Waals surface area contributed by atoms with Gasteiger partial charge in [-0.25, -0.2) is 0 Å². The predicted molar refractivity (Wildman–Crippen MR) is 78.9 cm³/mol. The quantitative estimate of drug-likeness (QED) is 0.836. The second-order valence-electron chi connectivity index (χ2n) is 5.40. The Kier molecular flexibility index (Phi) is 4.19. The van der Waals surface area contributed by atoms with Gasteiger partial charge in [-0.15, -0.1) is 0 Å². The van der Waals surface area contributed by atoms with Crippen molar-refractivity contribution in [1.29, 1.82) is 0 Å². The number of benzene rings is 1. The number of nitrogens with one attached hydrogen (secondary N) is 1. The zero-order valence-electron chi connectivity index (χ0n) is 11.5. The van der Waals surface area contributed by atoms with Crippen LogP contribution < -0.4 is 5.32 Å². The fraction of sp³-hybridized carbons (Fsp3) is 0.438. The van der Waals surface area contributed by atoms with E-state index in [2.05, 4.69) is 55.3 Å². The van der Waals surface area contributed by atoms with E-state index in [0.29, 0.717) is 6.04 Å². The topological polar surface area (TPSA) is 24.9 Å². The number of pyridine rings is 1. The minimum atomic E-state index is 0.486. The van der Waals surface area contributed by atoms with Gasteiger partial charge in [0.2, 0.25) is 0 Å². The van der Waals surface area contributed by atoms with Crippen molar-refractivity contribution >= 4 is 16.6 Å². The van der Waals surface area contributed by atoms with E-state index in [4.69, 9.17) is 0 Å². The zero-order valence-corrected chi connectivity index (χ0v) is 11.5. The molecular formula is C16H22N2. The van der Waals surface area contributed by atoms with Crippen LogP contribution in [0.4, 0.5) is 5.69 Å². The van der Waals surface area contributed by atoms with E-state index in [-0.39, 0.29) is 0 Å². The Bertz CT molecular complexity index is 500. The molecule has 2 aromatic rings. The first kappa shape index (κ1) is 12.9. The molecule has 0 aliphatic carbocycles. The van der Waals surface area contributed by atoms with Gasteiger partial charge < -0.3 is 5.32 Å². The van der Waals surface area contributed by atoms with Gasteiger partial charge >= 0.3 is 0 Å². The largest absolute Gasteiger partial charge is 0.381 e. The lowest BCUT2D eigenvalue weighted by Gasteiger charge is -2.17. The number of para-hydroxylation sites is 1. The molecule has 18 heavy (non-hydrogen) atoms. The molecule has 0 spiro atoms. The van der Waals surface area contributed by atoms with Crippen molar-refractivity contribution < 1.29 is 0 Å². The lowest BCUT2D eigenvalue weighted by molar-refractivity contribution is 0.528. The molecule has 96 valence electrons. The van der Waals surface area contributed by atoms with Crippen molar-refractivity contribution in [2.24, 2.45) is 5.92 Å². The molecule has 1 aromatic heterocycles. The van der Waals surface area contributed by atoms with Crippen molar-refractivity contribution in [3.63, 3.8) is 0 Å².